The van der Waals surface area contributed by atoms with Crippen LogP contribution in [0.3, 0.4) is 0 Å². The molecule has 0 saturated carbocycles. The van der Waals surface area contributed by atoms with Crippen LogP contribution in [0.15, 0.2) is 6.07 Å². The van der Waals surface area contributed by atoms with Crippen LogP contribution in [0.4, 0.5) is 0 Å². The summed E-state index contributed by atoms with van der Waals surface area (Å²) in [4.78, 5) is 8.80. The van der Waals surface area contributed by atoms with Gasteiger partial charge in [-0.05, 0) is 19.9 Å². The van der Waals surface area contributed by atoms with E-state index in [0.29, 0.717) is 17.0 Å². The number of aromatic nitrogens is 4. The second kappa shape index (κ2) is 5.34. The van der Waals surface area contributed by atoms with E-state index in [9.17, 15) is 0 Å². The molecule has 20 heavy (non-hydrogen) atoms. The van der Waals surface area contributed by atoms with Gasteiger partial charge in [0.25, 0.3) is 5.95 Å². The van der Waals surface area contributed by atoms with Crippen LogP contribution in [0.25, 0.3) is 5.95 Å². The Balaban J connectivity index is 2.66. The van der Waals surface area contributed by atoms with E-state index >= 15 is 0 Å². The Bertz CT molecular complexity index is 621. The number of hydrogen-bond acceptors (Lipinski definition) is 3. The third kappa shape index (κ3) is 2.81. The van der Waals surface area contributed by atoms with Crippen molar-refractivity contribution in [3.63, 3.8) is 0 Å². The first-order chi connectivity index (χ1) is 9.24. The van der Waals surface area contributed by atoms with Crippen LogP contribution >= 0.6 is 23.2 Å². The standard InChI is InChI=1S/C14H18Cl2N4/c1-8-6-9(2)18-13(17-8)20-12(16)10(7-15)11(19-20)14(3,4)5/h6H,7H2,1-5H3. The Kier molecular flexibility index (Phi) is 4.07. The number of rotatable bonds is 2. The number of aryl methyl sites for hydroxylation is 2. The Morgan fingerprint density at radius 1 is 1.15 bits per heavy atom. The molecular formula is C14H18Cl2N4. The fourth-order valence-electron chi connectivity index (χ4n) is 2.09. The van der Waals surface area contributed by atoms with Gasteiger partial charge in [0, 0.05) is 22.4 Å². The lowest BCUT2D eigenvalue weighted by Crippen LogP contribution is -2.15. The Hall–Kier alpha value is -1.13. The lowest BCUT2D eigenvalue weighted by atomic mass is 9.90. The number of hydrogen-bond donors (Lipinski definition) is 0. The third-order valence-corrected chi connectivity index (χ3v) is 3.58. The van der Waals surface area contributed by atoms with Crippen molar-refractivity contribution in [3.05, 3.63) is 33.9 Å². The second-order valence-corrected chi connectivity index (χ2v) is 6.49. The molecule has 0 saturated heterocycles. The van der Waals surface area contributed by atoms with E-state index in [1.54, 1.807) is 4.68 Å². The summed E-state index contributed by atoms with van der Waals surface area (Å²) in [7, 11) is 0. The number of alkyl halides is 1. The smallest absolute Gasteiger partial charge is 0.216 e. The summed E-state index contributed by atoms with van der Waals surface area (Å²) in [5.41, 5.74) is 3.33. The van der Waals surface area contributed by atoms with Crippen molar-refractivity contribution in [2.45, 2.75) is 45.9 Å². The van der Waals surface area contributed by atoms with Crippen molar-refractivity contribution in [1.29, 1.82) is 0 Å². The van der Waals surface area contributed by atoms with Crippen molar-refractivity contribution in [2.24, 2.45) is 0 Å². The molecule has 0 aliphatic carbocycles. The van der Waals surface area contributed by atoms with E-state index in [-0.39, 0.29) is 5.41 Å². The maximum Gasteiger partial charge on any atom is 0.252 e. The van der Waals surface area contributed by atoms with Crippen LogP contribution < -0.4 is 0 Å². The zero-order chi connectivity index (χ0) is 15.1. The van der Waals surface area contributed by atoms with E-state index in [4.69, 9.17) is 23.2 Å². The van der Waals surface area contributed by atoms with E-state index < -0.39 is 0 Å². The van der Waals surface area contributed by atoms with Gasteiger partial charge >= 0.3 is 0 Å². The lowest BCUT2D eigenvalue weighted by molar-refractivity contribution is 0.554. The van der Waals surface area contributed by atoms with Gasteiger partial charge in [-0.1, -0.05) is 32.4 Å². The van der Waals surface area contributed by atoms with Crippen LogP contribution in [0.2, 0.25) is 5.15 Å². The monoisotopic (exact) mass is 312 g/mol. The number of halogens is 2. The fraction of sp³-hybridized carbons (Fsp3) is 0.500. The van der Waals surface area contributed by atoms with Gasteiger partial charge < -0.3 is 0 Å². The highest BCUT2D eigenvalue weighted by Gasteiger charge is 2.26. The fourth-order valence-corrected chi connectivity index (χ4v) is 2.68. The van der Waals surface area contributed by atoms with Crippen LogP contribution in [-0.2, 0) is 11.3 Å². The minimum atomic E-state index is -0.141. The molecule has 0 N–H and O–H groups in total. The molecule has 2 heterocycles. The van der Waals surface area contributed by atoms with Gasteiger partial charge in [0.1, 0.15) is 5.15 Å². The van der Waals surface area contributed by atoms with E-state index in [1.807, 2.05) is 19.9 Å². The molecule has 0 spiro atoms. The van der Waals surface area contributed by atoms with Crippen LogP contribution in [0.5, 0.6) is 0 Å². The summed E-state index contributed by atoms with van der Waals surface area (Å²) in [6.45, 7) is 10.1. The molecule has 2 aromatic heterocycles. The van der Waals surface area contributed by atoms with Gasteiger partial charge in [0.2, 0.25) is 0 Å². The van der Waals surface area contributed by atoms with Crippen molar-refractivity contribution >= 4 is 23.2 Å². The van der Waals surface area contributed by atoms with Gasteiger partial charge in [-0.2, -0.15) is 9.78 Å². The number of nitrogens with zero attached hydrogens (tertiary/aromatic N) is 4. The summed E-state index contributed by atoms with van der Waals surface area (Å²) in [6.07, 6.45) is 0. The first-order valence-corrected chi connectivity index (χ1v) is 7.31. The molecule has 0 bridgehead atoms. The third-order valence-electron chi connectivity index (χ3n) is 2.92. The molecule has 4 nitrogen and oxygen atoms in total. The molecule has 0 unspecified atom stereocenters. The minimum absolute atomic E-state index is 0.141. The van der Waals surface area contributed by atoms with Crippen LogP contribution in [0.1, 0.15) is 43.4 Å². The summed E-state index contributed by atoms with van der Waals surface area (Å²) in [6, 6.07) is 1.91. The van der Waals surface area contributed by atoms with E-state index in [0.717, 1.165) is 22.6 Å². The molecule has 0 atom stereocenters. The molecule has 0 aliphatic heterocycles. The molecular weight excluding hydrogens is 295 g/mol. The van der Waals surface area contributed by atoms with Gasteiger partial charge in [-0.15, -0.1) is 11.6 Å². The van der Waals surface area contributed by atoms with Gasteiger partial charge in [0.05, 0.1) is 11.6 Å². The largest absolute Gasteiger partial charge is 0.252 e. The maximum atomic E-state index is 6.41. The van der Waals surface area contributed by atoms with Gasteiger partial charge in [-0.25, -0.2) is 9.97 Å². The van der Waals surface area contributed by atoms with E-state index in [2.05, 4.69) is 35.8 Å². The quantitative estimate of drug-likeness (QED) is 0.788. The van der Waals surface area contributed by atoms with Crippen LogP contribution in [0, 0.1) is 13.8 Å². The summed E-state index contributed by atoms with van der Waals surface area (Å²) in [5, 5.41) is 5.06. The topological polar surface area (TPSA) is 43.6 Å². The van der Waals surface area contributed by atoms with Crippen LogP contribution in [-0.4, -0.2) is 19.7 Å². The highest BCUT2D eigenvalue weighted by molar-refractivity contribution is 6.31. The lowest BCUT2D eigenvalue weighted by Gasteiger charge is -2.16. The predicted molar refractivity (Wildman–Crippen MR) is 81.9 cm³/mol. The minimum Gasteiger partial charge on any atom is -0.216 e. The molecule has 0 aliphatic rings. The Morgan fingerprint density at radius 3 is 2.10 bits per heavy atom. The SMILES string of the molecule is Cc1cc(C)nc(-n2nc(C(C)(C)C)c(CCl)c2Cl)n1. The van der Waals surface area contributed by atoms with Gasteiger partial charge in [0.15, 0.2) is 0 Å². The molecule has 0 radical (unpaired) electrons. The molecule has 0 amide bonds. The molecule has 2 aromatic rings. The van der Waals surface area contributed by atoms with Crippen molar-refractivity contribution in [3.8, 4) is 5.95 Å². The van der Waals surface area contributed by atoms with Crippen molar-refractivity contribution < 1.29 is 0 Å². The second-order valence-electron chi connectivity index (χ2n) is 5.86. The summed E-state index contributed by atoms with van der Waals surface area (Å²) < 4.78 is 1.57. The average Bonchev–Trinajstić information content (AvgIpc) is 2.64. The molecule has 2 rings (SSSR count). The zero-order valence-corrected chi connectivity index (χ0v) is 13.8. The Labute approximate surface area is 129 Å². The average molecular weight is 313 g/mol. The first kappa shape index (κ1) is 15.3. The maximum absolute atomic E-state index is 6.41. The highest BCUT2D eigenvalue weighted by atomic mass is 35.5. The zero-order valence-electron chi connectivity index (χ0n) is 12.3. The molecule has 0 aromatic carbocycles. The predicted octanol–water partition coefficient (Wildman–Crippen LogP) is 3.97. The summed E-state index contributed by atoms with van der Waals surface area (Å²) in [5.74, 6) is 0.797. The Morgan fingerprint density at radius 2 is 1.70 bits per heavy atom. The summed E-state index contributed by atoms with van der Waals surface area (Å²) >= 11 is 12.4. The van der Waals surface area contributed by atoms with E-state index in [1.165, 1.54) is 0 Å². The molecule has 6 heteroatoms. The molecule has 108 valence electrons. The van der Waals surface area contributed by atoms with Gasteiger partial charge in [-0.3, -0.25) is 0 Å². The molecule has 0 fully saturated rings. The van der Waals surface area contributed by atoms with Crippen molar-refractivity contribution in [1.82, 2.24) is 19.7 Å². The first-order valence-electron chi connectivity index (χ1n) is 6.40. The van der Waals surface area contributed by atoms with Crippen molar-refractivity contribution in [2.75, 3.05) is 0 Å². The normalized spacial score (nSPS) is 11.9. The highest BCUT2D eigenvalue weighted by Crippen LogP contribution is 2.32.